The molecule has 2 aromatic heterocycles. The van der Waals surface area contributed by atoms with E-state index in [4.69, 9.17) is 9.72 Å². The predicted octanol–water partition coefficient (Wildman–Crippen LogP) is 5.52. The van der Waals surface area contributed by atoms with Gasteiger partial charge in [-0.1, -0.05) is 12.1 Å². The van der Waals surface area contributed by atoms with Crippen LogP contribution in [0.15, 0.2) is 24.3 Å². The largest absolute Gasteiger partial charge is 0.462 e. The number of carbonyl (C=O) groups is 2. The molecule has 6 nitrogen and oxygen atoms in total. The molecule has 1 aromatic carbocycles. The van der Waals surface area contributed by atoms with Crippen LogP contribution < -0.4 is 5.32 Å². The molecule has 1 aliphatic heterocycles. The van der Waals surface area contributed by atoms with Crippen LogP contribution in [-0.4, -0.2) is 35.0 Å². The van der Waals surface area contributed by atoms with Gasteiger partial charge in [0.2, 0.25) is 0 Å². The fraction of sp³-hybridized carbons (Fsp3) is 0.381. The molecule has 1 saturated heterocycles. The van der Waals surface area contributed by atoms with E-state index in [1.165, 1.54) is 11.3 Å². The molecule has 29 heavy (non-hydrogen) atoms. The molecule has 8 heteroatoms. The van der Waals surface area contributed by atoms with Crippen LogP contribution in [-0.2, 0) is 4.74 Å². The number of nitrogens with zero attached hydrogens (tertiary/aromatic N) is 2. The Bertz CT molecular complexity index is 1040. The van der Waals surface area contributed by atoms with Gasteiger partial charge < -0.3 is 9.64 Å². The zero-order chi connectivity index (χ0) is 20.5. The van der Waals surface area contributed by atoms with Crippen LogP contribution in [0.3, 0.4) is 0 Å². The number of urea groups is 1. The van der Waals surface area contributed by atoms with Gasteiger partial charge in [-0.25, -0.2) is 14.6 Å². The average molecular weight is 430 g/mol. The van der Waals surface area contributed by atoms with Crippen molar-refractivity contribution >= 4 is 49.9 Å². The van der Waals surface area contributed by atoms with Gasteiger partial charge in [-0.3, -0.25) is 5.32 Å². The van der Waals surface area contributed by atoms with Crippen molar-refractivity contribution in [2.24, 2.45) is 0 Å². The number of thiophene rings is 1. The minimum atomic E-state index is -0.395. The summed E-state index contributed by atoms with van der Waals surface area (Å²) in [5.41, 5.74) is 2.28. The van der Waals surface area contributed by atoms with Crippen LogP contribution in [0.4, 0.5) is 9.80 Å². The highest BCUT2D eigenvalue weighted by atomic mass is 32.1. The molecule has 1 aliphatic rings. The monoisotopic (exact) mass is 429 g/mol. The second-order valence-corrected chi connectivity index (χ2v) is 9.30. The third-order valence-electron chi connectivity index (χ3n) is 5.19. The summed E-state index contributed by atoms with van der Waals surface area (Å²) < 4.78 is 6.32. The standard InChI is InChI=1S/C21H23N3O3S2/c1-4-27-20(25)17-12(2)13(3)28-19(17)23-21(26)24-11-7-9-15(24)18-22-14-8-5-6-10-16(14)29-18/h5-6,8,10,15H,4,7,9,11H2,1-3H3,(H,23,26). The molecule has 1 unspecified atom stereocenters. The molecule has 0 spiro atoms. The number of aromatic nitrogens is 1. The normalized spacial score (nSPS) is 16.4. The Balaban J connectivity index is 1.58. The first-order valence-electron chi connectivity index (χ1n) is 9.69. The summed E-state index contributed by atoms with van der Waals surface area (Å²) in [6.45, 7) is 6.57. The van der Waals surface area contributed by atoms with Crippen molar-refractivity contribution in [3.63, 3.8) is 0 Å². The van der Waals surface area contributed by atoms with Gasteiger partial charge in [0.1, 0.15) is 10.0 Å². The van der Waals surface area contributed by atoms with Crippen LogP contribution >= 0.6 is 22.7 Å². The van der Waals surface area contributed by atoms with E-state index in [1.807, 2.05) is 36.9 Å². The highest BCUT2D eigenvalue weighted by molar-refractivity contribution is 7.18. The number of fused-ring (bicyclic) bond motifs is 1. The lowest BCUT2D eigenvalue weighted by atomic mass is 10.1. The summed E-state index contributed by atoms with van der Waals surface area (Å²) in [5.74, 6) is -0.395. The highest BCUT2D eigenvalue weighted by Crippen LogP contribution is 2.38. The number of benzene rings is 1. The molecular weight excluding hydrogens is 406 g/mol. The summed E-state index contributed by atoms with van der Waals surface area (Å²) in [4.78, 5) is 33.1. The Morgan fingerprint density at radius 2 is 2.07 bits per heavy atom. The van der Waals surface area contributed by atoms with Crippen LogP contribution in [0.1, 0.15) is 51.6 Å². The number of ether oxygens (including phenoxy) is 1. The number of aryl methyl sites for hydroxylation is 1. The number of rotatable bonds is 4. The van der Waals surface area contributed by atoms with Gasteiger partial charge in [-0.05, 0) is 51.3 Å². The Morgan fingerprint density at radius 1 is 1.28 bits per heavy atom. The number of anilines is 1. The van der Waals surface area contributed by atoms with Gasteiger partial charge in [0.15, 0.2) is 0 Å². The summed E-state index contributed by atoms with van der Waals surface area (Å²) in [7, 11) is 0. The molecule has 2 amide bonds. The third-order valence-corrected chi connectivity index (χ3v) is 7.45. The first-order valence-corrected chi connectivity index (χ1v) is 11.3. The van der Waals surface area contributed by atoms with Crippen molar-refractivity contribution in [3.05, 3.63) is 45.3 Å². The molecule has 1 atom stereocenters. The van der Waals surface area contributed by atoms with Gasteiger partial charge >= 0.3 is 12.0 Å². The Morgan fingerprint density at radius 3 is 2.83 bits per heavy atom. The summed E-state index contributed by atoms with van der Waals surface area (Å²) >= 11 is 3.05. The average Bonchev–Trinajstić information content (AvgIpc) is 3.39. The third kappa shape index (κ3) is 3.74. The number of nitrogens with one attached hydrogen (secondary N) is 1. The summed E-state index contributed by atoms with van der Waals surface area (Å²) in [6, 6.07) is 7.79. The Labute approximate surface area is 177 Å². The van der Waals surface area contributed by atoms with Crippen molar-refractivity contribution in [2.75, 3.05) is 18.5 Å². The second-order valence-electron chi connectivity index (χ2n) is 7.01. The first kappa shape index (κ1) is 19.8. The molecule has 1 fully saturated rings. The quantitative estimate of drug-likeness (QED) is 0.554. The van der Waals surface area contributed by atoms with E-state index in [-0.39, 0.29) is 12.1 Å². The van der Waals surface area contributed by atoms with Gasteiger partial charge in [0, 0.05) is 11.4 Å². The minimum Gasteiger partial charge on any atom is -0.462 e. The molecule has 3 aromatic rings. The molecule has 152 valence electrons. The molecule has 0 saturated carbocycles. The number of hydrogen-bond acceptors (Lipinski definition) is 6. The zero-order valence-electron chi connectivity index (χ0n) is 16.7. The molecule has 0 aliphatic carbocycles. The molecule has 4 rings (SSSR count). The number of esters is 1. The van der Waals surface area contributed by atoms with Gasteiger partial charge in [-0.15, -0.1) is 22.7 Å². The first-order chi connectivity index (χ1) is 14.0. The summed E-state index contributed by atoms with van der Waals surface area (Å²) in [5, 5.41) is 4.48. The number of amides is 2. The molecule has 1 N–H and O–H groups in total. The molecule has 0 radical (unpaired) electrons. The number of carbonyl (C=O) groups excluding carboxylic acids is 2. The zero-order valence-corrected chi connectivity index (χ0v) is 18.3. The minimum absolute atomic E-state index is 0.0411. The topological polar surface area (TPSA) is 71.5 Å². The van der Waals surface area contributed by atoms with Crippen molar-refractivity contribution in [3.8, 4) is 0 Å². The van der Waals surface area contributed by atoms with E-state index in [0.29, 0.717) is 23.7 Å². The Kier molecular flexibility index (Phi) is 5.56. The van der Waals surface area contributed by atoms with E-state index in [2.05, 4.69) is 11.4 Å². The lowest BCUT2D eigenvalue weighted by Gasteiger charge is -2.23. The summed E-state index contributed by atoms with van der Waals surface area (Å²) in [6.07, 6.45) is 1.82. The van der Waals surface area contributed by atoms with Crippen molar-refractivity contribution < 1.29 is 14.3 Å². The molecule has 0 bridgehead atoms. The van der Waals surface area contributed by atoms with Crippen molar-refractivity contribution in [2.45, 2.75) is 39.7 Å². The fourth-order valence-corrected chi connectivity index (χ4v) is 5.79. The van der Waals surface area contributed by atoms with Gasteiger partial charge in [-0.2, -0.15) is 0 Å². The van der Waals surface area contributed by atoms with E-state index in [0.717, 1.165) is 38.5 Å². The van der Waals surface area contributed by atoms with Crippen LogP contribution in [0.25, 0.3) is 10.2 Å². The van der Waals surface area contributed by atoms with E-state index in [9.17, 15) is 9.59 Å². The van der Waals surface area contributed by atoms with Gasteiger partial charge in [0.25, 0.3) is 0 Å². The maximum atomic E-state index is 13.1. The number of para-hydroxylation sites is 1. The smallest absolute Gasteiger partial charge is 0.341 e. The SMILES string of the molecule is CCOC(=O)c1c(NC(=O)N2CCCC2c2nc3ccccc3s2)sc(C)c1C. The van der Waals surface area contributed by atoms with Crippen LogP contribution in [0.5, 0.6) is 0 Å². The van der Waals surface area contributed by atoms with Crippen LogP contribution in [0.2, 0.25) is 0 Å². The predicted molar refractivity (Wildman–Crippen MR) is 117 cm³/mol. The van der Waals surface area contributed by atoms with Crippen LogP contribution in [0, 0.1) is 13.8 Å². The Hall–Kier alpha value is -2.45. The van der Waals surface area contributed by atoms with E-state index >= 15 is 0 Å². The lowest BCUT2D eigenvalue weighted by molar-refractivity contribution is 0.0527. The molecular formula is C21H23N3O3S2. The fourth-order valence-electron chi connectivity index (χ4n) is 3.63. The second kappa shape index (κ2) is 8.12. The number of hydrogen-bond donors (Lipinski definition) is 1. The van der Waals surface area contributed by atoms with Gasteiger partial charge in [0.05, 0.1) is 28.4 Å². The number of thiazole rings is 1. The highest BCUT2D eigenvalue weighted by Gasteiger charge is 2.33. The van der Waals surface area contributed by atoms with Crippen molar-refractivity contribution in [1.82, 2.24) is 9.88 Å². The molecule has 3 heterocycles. The van der Waals surface area contributed by atoms with Crippen molar-refractivity contribution in [1.29, 1.82) is 0 Å². The lowest BCUT2D eigenvalue weighted by Crippen LogP contribution is -2.34. The maximum absolute atomic E-state index is 13.1. The van der Waals surface area contributed by atoms with E-state index < -0.39 is 5.97 Å². The van der Waals surface area contributed by atoms with E-state index in [1.54, 1.807) is 18.3 Å². The maximum Gasteiger partial charge on any atom is 0.341 e. The number of likely N-dealkylation sites (tertiary alicyclic amines) is 1.